The predicted molar refractivity (Wildman–Crippen MR) is 168 cm³/mol. The molecule has 1 saturated carbocycles. The minimum absolute atomic E-state index is 0.131. The van der Waals surface area contributed by atoms with E-state index in [2.05, 4.69) is 26.5 Å². The van der Waals surface area contributed by atoms with Crippen molar-refractivity contribution in [3.63, 3.8) is 0 Å². The van der Waals surface area contributed by atoms with Gasteiger partial charge in [-0.05, 0) is 69.7 Å². The van der Waals surface area contributed by atoms with Gasteiger partial charge < -0.3 is 26.4 Å². The first-order valence-electron chi connectivity index (χ1n) is 16.6. The number of piperazine rings is 1. The fourth-order valence-corrected chi connectivity index (χ4v) is 7.20. The van der Waals surface area contributed by atoms with Gasteiger partial charge in [-0.25, -0.2) is 8.78 Å². The van der Waals surface area contributed by atoms with Crippen molar-refractivity contribution >= 4 is 5.91 Å². The highest BCUT2D eigenvalue weighted by Crippen LogP contribution is 2.37. The van der Waals surface area contributed by atoms with Crippen LogP contribution in [-0.2, 0) is 16.9 Å². The number of hydrogen-bond acceptors (Lipinski definition) is 7. The summed E-state index contributed by atoms with van der Waals surface area (Å²) in [5.74, 6) is -3.57. The minimum atomic E-state index is -2.71. The highest BCUT2D eigenvalue weighted by molar-refractivity contribution is 5.79. The number of hydrogen-bond donors (Lipinski definition) is 4. The lowest BCUT2D eigenvalue weighted by Crippen LogP contribution is -2.57. The van der Waals surface area contributed by atoms with E-state index >= 15 is 0 Å². The van der Waals surface area contributed by atoms with Crippen LogP contribution in [0.5, 0.6) is 0 Å². The lowest BCUT2D eigenvalue weighted by Gasteiger charge is -2.41. The first-order chi connectivity index (χ1) is 21.3. The van der Waals surface area contributed by atoms with E-state index in [-0.39, 0.29) is 37.6 Å². The number of fused-ring (bicyclic) bond motifs is 1. The molecule has 1 aliphatic heterocycles. The van der Waals surface area contributed by atoms with Crippen LogP contribution in [0, 0.1) is 5.92 Å². The van der Waals surface area contributed by atoms with Crippen LogP contribution in [0.2, 0.25) is 0 Å². The molecule has 5 rings (SSSR count). The zero-order valence-electron chi connectivity index (χ0n) is 25.9. The molecule has 2 fully saturated rings. The second-order valence-electron chi connectivity index (χ2n) is 13.0. The smallest absolute Gasteiger partial charge is 0.248 e. The van der Waals surface area contributed by atoms with Crippen LogP contribution in [0.4, 0.5) is 8.78 Å². The Kier molecular flexibility index (Phi) is 11.4. The third-order valence-corrected chi connectivity index (χ3v) is 9.76. The number of aliphatic hydroxyl groups is 1. The van der Waals surface area contributed by atoms with Gasteiger partial charge >= 0.3 is 0 Å². The molecule has 242 valence electrons. The molecule has 1 unspecified atom stereocenters. The number of benzene rings is 1. The van der Waals surface area contributed by atoms with Crippen molar-refractivity contribution < 1.29 is 18.7 Å². The number of nitrogens with zero attached hydrogens (tertiary/aromatic N) is 3. The number of aromatic nitrogens is 1. The molecule has 2 aromatic rings. The van der Waals surface area contributed by atoms with Gasteiger partial charge in [-0.3, -0.25) is 14.7 Å². The Hall–Kier alpha value is -2.50. The number of nitrogens with two attached hydrogens (primary N) is 1. The molecule has 0 bridgehead atoms. The summed E-state index contributed by atoms with van der Waals surface area (Å²) in [4.78, 5) is 23.0. The number of pyridine rings is 1. The van der Waals surface area contributed by atoms with Gasteiger partial charge in [-0.1, -0.05) is 36.4 Å². The Morgan fingerprint density at radius 3 is 2.73 bits per heavy atom. The van der Waals surface area contributed by atoms with Gasteiger partial charge in [0.1, 0.15) is 0 Å². The van der Waals surface area contributed by atoms with Crippen LogP contribution in [0.15, 0.2) is 48.7 Å². The number of halogens is 2. The van der Waals surface area contributed by atoms with Crippen molar-refractivity contribution in [1.29, 1.82) is 0 Å². The molecule has 2 heterocycles. The van der Waals surface area contributed by atoms with Crippen molar-refractivity contribution in [3.05, 3.63) is 65.5 Å². The number of amides is 1. The Morgan fingerprint density at radius 2 is 1.95 bits per heavy atom. The highest BCUT2D eigenvalue weighted by atomic mass is 19.3. The van der Waals surface area contributed by atoms with Gasteiger partial charge in [0, 0.05) is 75.7 Å². The average Bonchev–Trinajstić information content (AvgIpc) is 3.04. The summed E-state index contributed by atoms with van der Waals surface area (Å²) < 4.78 is 27.5. The first kappa shape index (κ1) is 32.9. The Morgan fingerprint density at radius 1 is 1.16 bits per heavy atom. The molecule has 8 nitrogen and oxygen atoms in total. The number of aryl methyl sites for hydroxylation is 1. The van der Waals surface area contributed by atoms with Crippen LogP contribution in [0.1, 0.15) is 80.7 Å². The molecule has 2 aliphatic carbocycles. The maximum absolute atomic E-state index is 13.7. The van der Waals surface area contributed by atoms with Crippen molar-refractivity contribution in [2.45, 2.75) is 87.9 Å². The molecule has 1 amide bonds. The normalized spacial score (nSPS) is 24.0. The fourth-order valence-electron chi connectivity index (χ4n) is 7.20. The molecule has 3 aliphatic rings. The first-order valence-corrected chi connectivity index (χ1v) is 16.6. The van der Waals surface area contributed by atoms with Crippen LogP contribution < -0.4 is 16.4 Å². The summed E-state index contributed by atoms with van der Waals surface area (Å²) in [6, 6.07) is 14.0. The zero-order chi connectivity index (χ0) is 31.0. The van der Waals surface area contributed by atoms with Gasteiger partial charge in [0.05, 0.1) is 11.7 Å². The van der Waals surface area contributed by atoms with Crippen molar-refractivity contribution in [1.82, 2.24) is 25.4 Å². The maximum Gasteiger partial charge on any atom is 0.248 e. The van der Waals surface area contributed by atoms with E-state index in [1.165, 1.54) is 11.3 Å². The third-order valence-electron chi connectivity index (χ3n) is 9.76. The molecule has 1 saturated heterocycles. The van der Waals surface area contributed by atoms with Gasteiger partial charge in [-0.2, -0.15) is 0 Å². The van der Waals surface area contributed by atoms with Crippen molar-refractivity contribution in [2.75, 3.05) is 45.8 Å². The van der Waals surface area contributed by atoms with E-state index in [1.54, 1.807) is 0 Å². The predicted octanol–water partition coefficient (Wildman–Crippen LogP) is 3.95. The number of nitrogens with one attached hydrogen (secondary N) is 2. The molecule has 5 N–H and O–H groups in total. The number of unbranched alkanes of at least 4 members (excludes halogenated alkanes) is 1. The van der Waals surface area contributed by atoms with Gasteiger partial charge in [0.2, 0.25) is 11.8 Å². The van der Waals surface area contributed by atoms with E-state index in [0.717, 1.165) is 64.8 Å². The van der Waals surface area contributed by atoms with Gasteiger partial charge in [0.25, 0.3) is 0 Å². The highest BCUT2D eigenvalue weighted by Gasteiger charge is 2.40. The standard InChI is InChI=1S/C34H50F2N6O2/c35-33(36)15-13-27(14-16-33)32(43)40-34(44,28-10-2-1-3-11-28)17-22-41-23-20-38-29(24-41)25-42(21-5-4-18-37)30-12-6-8-26-9-7-19-39-31(26)30/h1-3,7,9-11,19,27,29-30,38,44H,4-6,8,12-18,20-25,37H2,(H,40,43)/t29-,30-,34?/m0/s1. The lowest BCUT2D eigenvalue weighted by molar-refractivity contribution is -0.138. The van der Waals surface area contributed by atoms with E-state index in [0.29, 0.717) is 31.1 Å². The molecular weight excluding hydrogens is 562 g/mol. The second kappa shape index (κ2) is 15.2. The fraction of sp³-hybridized carbons (Fsp3) is 0.647. The molecule has 0 radical (unpaired) electrons. The second-order valence-corrected chi connectivity index (χ2v) is 13.0. The largest absolute Gasteiger partial charge is 0.367 e. The van der Waals surface area contributed by atoms with Crippen LogP contribution >= 0.6 is 0 Å². The molecule has 44 heavy (non-hydrogen) atoms. The van der Waals surface area contributed by atoms with Crippen LogP contribution in [-0.4, -0.2) is 83.6 Å². The third kappa shape index (κ3) is 8.60. The molecule has 3 atom stereocenters. The number of alkyl halides is 2. The van der Waals surface area contributed by atoms with E-state index in [1.807, 2.05) is 42.6 Å². The van der Waals surface area contributed by atoms with Crippen molar-refractivity contribution in [3.8, 4) is 0 Å². The topological polar surface area (TPSA) is 107 Å². The Bertz CT molecular complexity index is 1190. The summed E-state index contributed by atoms with van der Waals surface area (Å²) >= 11 is 0. The minimum Gasteiger partial charge on any atom is -0.367 e. The molecule has 10 heteroatoms. The summed E-state index contributed by atoms with van der Waals surface area (Å²) in [6.45, 7) is 5.66. The number of carbonyl (C=O) groups is 1. The summed E-state index contributed by atoms with van der Waals surface area (Å²) in [7, 11) is 0. The SMILES string of the molecule is NCCCCN(C[C@@H]1CN(CCC(O)(NC(=O)C2CCC(F)(F)CC2)c2ccccc2)CCN1)[C@H]1CCCc2cccnc21. The summed E-state index contributed by atoms with van der Waals surface area (Å²) in [5.41, 5.74) is 7.44. The monoisotopic (exact) mass is 612 g/mol. The Labute approximate surface area is 260 Å². The molecule has 1 aromatic heterocycles. The summed E-state index contributed by atoms with van der Waals surface area (Å²) in [5, 5.41) is 18.5. The summed E-state index contributed by atoms with van der Waals surface area (Å²) in [6.07, 6.45) is 7.29. The lowest BCUT2D eigenvalue weighted by atomic mass is 9.85. The molecule has 1 aromatic carbocycles. The van der Waals surface area contributed by atoms with Gasteiger partial charge in [-0.15, -0.1) is 0 Å². The zero-order valence-corrected chi connectivity index (χ0v) is 25.9. The number of carbonyl (C=O) groups excluding carboxylic acids is 1. The van der Waals surface area contributed by atoms with E-state index < -0.39 is 17.6 Å². The number of rotatable bonds is 13. The molecule has 0 spiro atoms. The van der Waals surface area contributed by atoms with Crippen molar-refractivity contribution in [2.24, 2.45) is 11.7 Å². The maximum atomic E-state index is 13.7. The van der Waals surface area contributed by atoms with Crippen LogP contribution in [0.3, 0.4) is 0 Å². The Balaban J connectivity index is 1.23. The van der Waals surface area contributed by atoms with E-state index in [9.17, 15) is 18.7 Å². The quantitative estimate of drug-likeness (QED) is 0.201. The van der Waals surface area contributed by atoms with E-state index in [4.69, 9.17) is 10.7 Å². The molecular formula is C34H50F2N6O2. The average molecular weight is 613 g/mol. The van der Waals surface area contributed by atoms with Gasteiger partial charge in [0.15, 0.2) is 5.72 Å². The van der Waals surface area contributed by atoms with Crippen LogP contribution in [0.25, 0.3) is 0 Å².